The van der Waals surface area contributed by atoms with Crippen molar-refractivity contribution < 1.29 is 28.5 Å². The summed E-state index contributed by atoms with van der Waals surface area (Å²) >= 11 is 12.7. The van der Waals surface area contributed by atoms with E-state index in [1.54, 1.807) is 44.2 Å². The fourth-order valence-electron chi connectivity index (χ4n) is 3.01. The molecule has 0 spiro atoms. The van der Waals surface area contributed by atoms with Gasteiger partial charge < -0.3 is 18.9 Å². The number of amides is 1. The zero-order valence-electron chi connectivity index (χ0n) is 20.3. The van der Waals surface area contributed by atoms with Crippen molar-refractivity contribution in [1.29, 1.82) is 0 Å². The summed E-state index contributed by atoms with van der Waals surface area (Å²) in [6.45, 7) is 9.95. The van der Waals surface area contributed by atoms with Crippen LogP contribution >= 0.6 is 23.4 Å². The number of ketones is 1. The summed E-state index contributed by atoms with van der Waals surface area (Å²) in [4.78, 5) is 25.5. The largest absolute Gasteiger partial charge is 0.494 e. The van der Waals surface area contributed by atoms with Gasteiger partial charge in [0, 0.05) is 17.8 Å². The highest BCUT2D eigenvalue weighted by Gasteiger charge is 2.31. The van der Waals surface area contributed by atoms with Crippen molar-refractivity contribution >= 4 is 46.4 Å². The van der Waals surface area contributed by atoms with Crippen molar-refractivity contribution in [2.45, 2.75) is 40.7 Å². The van der Waals surface area contributed by atoms with Gasteiger partial charge >= 0.3 is 0 Å². The molecule has 2 rings (SSSR count). The van der Waals surface area contributed by atoms with E-state index >= 15 is 0 Å². The van der Waals surface area contributed by atoms with Crippen LogP contribution < -0.4 is 23.4 Å². The number of benzene rings is 2. The smallest absolute Gasteiger partial charge is 0.276 e. The molecule has 0 bridgehead atoms. The third kappa shape index (κ3) is 7.22. The van der Waals surface area contributed by atoms with Gasteiger partial charge in [-0.1, -0.05) is 11.6 Å². The maximum Gasteiger partial charge on any atom is 0.276 e. The van der Waals surface area contributed by atoms with Crippen LogP contribution in [0.1, 0.15) is 34.6 Å². The third-order valence-corrected chi connectivity index (χ3v) is 5.13. The van der Waals surface area contributed by atoms with Gasteiger partial charge in [0.1, 0.15) is 22.9 Å². The molecule has 0 fully saturated rings. The van der Waals surface area contributed by atoms with Crippen LogP contribution in [0.5, 0.6) is 23.0 Å². The van der Waals surface area contributed by atoms with Crippen LogP contribution in [0.3, 0.4) is 0 Å². The molecule has 35 heavy (non-hydrogen) atoms. The van der Waals surface area contributed by atoms with Gasteiger partial charge in [0.25, 0.3) is 5.91 Å². The van der Waals surface area contributed by atoms with Crippen molar-refractivity contribution in [3.63, 3.8) is 0 Å². The topological polar surface area (TPSA) is 99.0 Å². The molecule has 0 aliphatic rings. The van der Waals surface area contributed by atoms with Crippen molar-refractivity contribution in [3.8, 4) is 23.0 Å². The third-order valence-electron chi connectivity index (χ3n) is 4.47. The molecule has 0 aromatic heterocycles. The number of Topliss-reactive ketones (excluding diaryl/α,β-unsaturated/α-hetero) is 1. The minimum Gasteiger partial charge on any atom is -0.494 e. The first-order valence-electron chi connectivity index (χ1n) is 11.2. The van der Waals surface area contributed by atoms with Crippen LogP contribution in [-0.4, -0.2) is 44.2 Å². The Labute approximate surface area is 215 Å². The Morgan fingerprint density at radius 2 is 1.54 bits per heavy atom. The molecule has 0 saturated carbocycles. The monoisotopic (exact) mass is 525 g/mol. The second-order valence-corrected chi connectivity index (χ2v) is 7.68. The zero-order chi connectivity index (χ0) is 26.0. The Morgan fingerprint density at radius 1 is 0.914 bits per heavy atom. The molecule has 1 amide bonds. The van der Waals surface area contributed by atoms with Gasteiger partial charge in [0.05, 0.1) is 31.5 Å². The lowest BCUT2D eigenvalue weighted by Gasteiger charge is -2.20. The summed E-state index contributed by atoms with van der Waals surface area (Å²) in [7, 11) is 0. The molecule has 9 nitrogen and oxygen atoms in total. The van der Waals surface area contributed by atoms with Crippen molar-refractivity contribution in [2.75, 3.05) is 30.8 Å². The highest BCUT2D eigenvalue weighted by Crippen LogP contribution is 2.43. The van der Waals surface area contributed by atoms with Crippen LogP contribution in [0, 0.1) is 0 Å². The normalized spacial score (nSPS) is 11.7. The Kier molecular flexibility index (Phi) is 11.1. The molecule has 0 saturated heterocycles. The van der Waals surface area contributed by atoms with Crippen LogP contribution in [-0.2, 0) is 9.59 Å². The van der Waals surface area contributed by atoms with E-state index in [0.29, 0.717) is 43.7 Å². The van der Waals surface area contributed by atoms with Crippen LogP contribution in [0.2, 0.25) is 5.02 Å². The van der Waals surface area contributed by atoms with E-state index in [1.807, 2.05) is 13.8 Å². The summed E-state index contributed by atoms with van der Waals surface area (Å²) in [5.41, 5.74) is 0.366. The lowest BCUT2D eigenvalue weighted by atomic mass is 10.2. The Hall–Kier alpha value is -3.04. The van der Waals surface area contributed by atoms with Gasteiger partial charge in [-0.3, -0.25) is 9.59 Å². The number of carbonyl (C=O) groups is 2. The van der Waals surface area contributed by atoms with Crippen molar-refractivity contribution in [1.82, 2.24) is 0 Å². The molecule has 0 radical (unpaired) electrons. The summed E-state index contributed by atoms with van der Waals surface area (Å²) in [5.74, 6) is 0.146. The maximum atomic E-state index is 13.2. The molecule has 2 aromatic carbocycles. The minimum atomic E-state index is -1.53. The predicted octanol–water partition coefficient (Wildman–Crippen LogP) is 6.16. The fraction of sp³-hybridized carbons (Fsp3) is 0.417. The number of nitrogens with zero attached hydrogens (tertiary/aromatic N) is 3. The number of hydrogen-bond acceptors (Lipinski definition) is 8. The Morgan fingerprint density at radius 3 is 2.14 bits per heavy atom. The lowest BCUT2D eigenvalue weighted by molar-refractivity contribution is -0.126. The molecule has 190 valence electrons. The van der Waals surface area contributed by atoms with Gasteiger partial charge in [-0.15, -0.1) is 5.11 Å². The fourth-order valence-corrected chi connectivity index (χ4v) is 3.42. The number of halogens is 2. The van der Waals surface area contributed by atoms with Gasteiger partial charge in [-0.2, -0.15) is 5.11 Å². The summed E-state index contributed by atoms with van der Waals surface area (Å²) in [6.07, 6.45) is 0. The van der Waals surface area contributed by atoms with Gasteiger partial charge in [0.15, 0.2) is 17.3 Å². The maximum absolute atomic E-state index is 13.2. The number of azo groups is 1. The first-order valence-corrected chi connectivity index (χ1v) is 11.9. The quantitative estimate of drug-likeness (QED) is 0.176. The van der Waals surface area contributed by atoms with E-state index < -0.39 is 17.7 Å². The predicted molar refractivity (Wildman–Crippen MR) is 135 cm³/mol. The Balaban J connectivity index is 2.43. The van der Waals surface area contributed by atoms with E-state index in [-0.39, 0.29) is 22.1 Å². The number of anilines is 1. The standard InChI is InChI=1S/C24H29Cl2N3O6/c1-6-32-16-10-12-18(20(14-16)34-8-3)29(26)24(31)21(15(5)30)27-28-22-17(25)11-13-19(33-7-2)23(22)35-9-4/h10-14,21H,6-9H2,1-5H3. The molecule has 2 aromatic rings. The average molecular weight is 526 g/mol. The van der Waals surface area contributed by atoms with Crippen molar-refractivity contribution in [3.05, 3.63) is 35.4 Å². The second kappa shape index (κ2) is 13.7. The number of ether oxygens (including phenoxy) is 4. The van der Waals surface area contributed by atoms with Crippen LogP contribution in [0.25, 0.3) is 0 Å². The minimum absolute atomic E-state index is 0.135. The van der Waals surface area contributed by atoms with Gasteiger partial charge in [-0.25, -0.2) is 4.42 Å². The Bertz CT molecular complexity index is 1060. The molecule has 11 heteroatoms. The number of rotatable bonds is 13. The molecule has 1 unspecified atom stereocenters. The molecular formula is C24H29Cl2N3O6. The zero-order valence-corrected chi connectivity index (χ0v) is 21.9. The highest BCUT2D eigenvalue weighted by molar-refractivity contribution is 6.39. The second-order valence-electron chi connectivity index (χ2n) is 6.93. The molecular weight excluding hydrogens is 497 g/mol. The van der Waals surface area contributed by atoms with E-state index in [0.717, 1.165) is 4.42 Å². The lowest BCUT2D eigenvalue weighted by Crippen LogP contribution is -2.36. The highest BCUT2D eigenvalue weighted by atomic mass is 35.5. The number of hydrogen-bond donors (Lipinski definition) is 0. The molecule has 1 atom stereocenters. The molecule has 0 N–H and O–H groups in total. The summed E-state index contributed by atoms with van der Waals surface area (Å²) < 4.78 is 23.1. The van der Waals surface area contributed by atoms with Gasteiger partial charge in [0.2, 0.25) is 6.04 Å². The molecule has 0 aliphatic heterocycles. The first kappa shape index (κ1) is 28.2. The van der Waals surface area contributed by atoms with Gasteiger partial charge in [-0.05, 0) is 58.9 Å². The average Bonchev–Trinajstić information content (AvgIpc) is 2.82. The first-order chi connectivity index (χ1) is 16.8. The van der Waals surface area contributed by atoms with Crippen LogP contribution in [0.4, 0.5) is 11.4 Å². The summed E-state index contributed by atoms with van der Waals surface area (Å²) in [5, 5.41) is 8.29. The number of carbonyl (C=O) groups excluding carboxylic acids is 2. The van der Waals surface area contributed by atoms with Crippen molar-refractivity contribution in [2.24, 2.45) is 10.2 Å². The van der Waals surface area contributed by atoms with E-state index in [2.05, 4.69) is 10.2 Å². The van der Waals surface area contributed by atoms with E-state index in [4.69, 9.17) is 42.3 Å². The van der Waals surface area contributed by atoms with Crippen LogP contribution in [0.15, 0.2) is 40.6 Å². The summed E-state index contributed by atoms with van der Waals surface area (Å²) in [6, 6.07) is 6.49. The van der Waals surface area contributed by atoms with E-state index in [9.17, 15) is 9.59 Å². The van der Waals surface area contributed by atoms with E-state index in [1.165, 1.54) is 6.92 Å². The molecule has 0 aliphatic carbocycles. The molecule has 0 heterocycles. The SMILES string of the molecule is CCOc1ccc(N(Cl)C(=O)C(N=Nc2c(Cl)ccc(OCC)c2OCC)C(C)=O)c(OCC)c1.